The zero-order chi connectivity index (χ0) is 14.3. The predicted octanol–water partition coefficient (Wildman–Crippen LogP) is 1.19. The molecule has 0 aliphatic heterocycles. The number of likely N-dealkylation sites (N-methyl/N-ethyl adjacent to an activating group) is 1. The molecule has 0 spiro atoms. The largest absolute Gasteiger partial charge is 0.395 e. The van der Waals surface area contributed by atoms with Crippen molar-refractivity contribution in [2.75, 3.05) is 31.3 Å². The van der Waals surface area contributed by atoms with Crippen molar-refractivity contribution in [2.24, 2.45) is 0 Å². The zero-order valence-electron chi connectivity index (χ0n) is 11.0. The molecule has 2 amide bonds. The highest BCUT2D eigenvalue weighted by molar-refractivity contribution is 7.98. The molecule has 1 aromatic carbocycles. The molecule has 0 aliphatic carbocycles. The number of benzene rings is 1. The number of anilines is 1. The van der Waals surface area contributed by atoms with Gasteiger partial charge in [-0.1, -0.05) is 6.07 Å². The van der Waals surface area contributed by atoms with Crippen LogP contribution in [-0.2, 0) is 9.59 Å². The molecule has 1 rings (SSSR count). The van der Waals surface area contributed by atoms with Crippen LogP contribution >= 0.6 is 11.8 Å². The first kappa shape index (κ1) is 15.5. The molecule has 0 saturated heterocycles. The van der Waals surface area contributed by atoms with Gasteiger partial charge in [-0.25, -0.2) is 0 Å². The Labute approximate surface area is 117 Å². The molecule has 1 aromatic rings. The van der Waals surface area contributed by atoms with Crippen molar-refractivity contribution >= 4 is 29.3 Å². The van der Waals surface area contributed by atoms with Gasteiger partial charge in [0.25, 0.3) is 0 Å². The van der Waals surface area contributed by atoms with E-state index < -0.39 is 11.8 Å². The number of amides is 2. The van der Waals surface area contributed by atoms with Gasteiger partial charge < -0.3 is 15.3 Å². The van der Waals surface area contributed by atoms with Gasteiger partial charge in [-0.2, -0.15) is 0 Å². The molecule has 0 fully saturated rings. The van der Waals surface area contributed by atoms with Crippen LogP contribution < -0.4 is 5.32 Å². The van der Waals surface area contributed by atoms with Gasteiger partial charge in [0.05, 0.1) is 6.61 Å². The molecule has 0 radical (unpaired) electrons. The molecule has 6 heteroatoms. The minimum atomic E-state index is -0.687. The van der Waals surface area contributed by atoms with E-state index in [0.717, 1.165) is 4.90 Å². The van der Waals surface area contributed by atoms with E-state index in [1.54, 1.807) is 30.8 Å². The van der Waals surface area contributed by atoms with Crippen LogP contribution in [0, 0.1) is 0 Å². The standard InChI is InChI=1S/C13H18N2O3S/c1-3-15(7-8-16)13(18)12(17)14-10-5-4-6-11(9-10)19-2/h4-6,9,16H,3,7-8H2,1-2H3,(H,14,17). The molecular weight excluding hydrogens is 264 g/mol. The summed E-state index contributed by atoms with van der Waals surface area (Å²) >= 11 is 1.56. The van der Waals surface area contributed by atoms with E-state index in [4.69, 9.17) is 5.11 Å². The average molecular weight is 282 g/mol. The van der Waals surface area contributed by atoms with Gasteiger partial charge >= 0.3 is 11.8 Å². The van der Waals surface area contributed by atoms with Crippen LogP contribution in [0.3, 0.4) is 0 Å². The number of thioether (sulfide) groups is 1. The summed E-state index contributed by atoms with van der Waals surface area (Å²) in [6.45, 7) is 2.15. The Hall–Kier alpha value is -1.53. The Kier molecular flexibility index (Phi) is 6.38. The smallest absolute Gasteiger partial charge is 0.313 e. The highest BCUT2D eigenvalue weighted by Crippen LogP contribution is 2.18. The third-order valence-corrected chi connectivity index (χ3v) is 3.29. The van der Waals surface area contributed by atoms with Crippen LogP contribution in [0.5, 0.6) is 0 Å². The molecule has 19 heavy (non-hydrogen) atoms. The Morgan fingerprint density at radius 2 is 2.16 bits per heavy atom. The second-order valence-corrected chi connectivity index (χ2v) is 4.67. The maximum atomic E-state index is 11.8. The number of hydrogen-bond donors (Lipinski definition) is 2. The predicted molar refractivity (Wildman–Crippen MR) is 76.2 cm³/mol. The monoisotopic (exact) mass is 282 g/mol. The molecule has 104 valence electrons. The van der Waals surface area contributed by atoms with E-state index in [9.17, 15) is 9.59 Å². The summed E-state index contributed by atoms with van der Waals surface area (Å²) in [5.74, 6) is -1.32. The maximum absolute atomic E-state index is 11.8. The number of carbonyl (C=O) groups excluding carboxylic acids is 2. The van der Waals surface area contributed by atoms with Gasteiger partial charge in [0.15, 0.2) is 0 Å². The highest BCUT2D eigenvalue weighted by Gasteiger charge is 2.20. The number of aliphatic hydroxyl groups is 1. The molecule has 2 N–H and O–H groups in total. The first-order valence-corrected chi connectivity index (χ1v) is 7.20. The Morgan fingerprint density at radius 3 is 2.74 bits per heavy atom. The van der Waals surface area contributed by atoms with E-state index in [1.807, 2.05) is 18.4 Å². The van der Waals surface area contributed by atoms with Crippen LogP contribution in [0.1, 0.15) is 6.92 Å². The number of rotatable bonds is 5. The number of hydrogen-bond acceptors (Lipinski definition) is 4. The third kappa shape index (κ3) is 4.57. The van der Waals surface area contributed by atoms with Crippen LogP contribution in [0.15, 0.2) is 29.2 Å². The molecule has 0 bridgehead atoms. The number of nitrogens with zero attached hydrogens (tertiary/aromatic N) is 1. The van der Waals surface area contributed by atoms with Gasteiger partial charge in [-0.15, -0.1) is 11.8 Å². The second-order valence-electron chi connectivity index (χ2n) is 3.79. The first-order chi connectivity index (χ1) is 9.12. The summed E-state index contributed by atoms with van der Waals surface area (Å²) in [6.07, 6.45) is 1.94. The maximum Gasteiger partial charge on any atom is 0.313 e. The van der Waals surface area contributed by atoms with E-state index >= 15 is 0 Å². The average Bonchev–Trinajstić information content (AvgIpc) is 2.44. The lowest BCUT2D eigenvalue weighted by Crippen LogP contribution is -2.41. The number of carbonyl (C=O) groups is 2. The molecule has 5 nitrogen and oxygen atoms in total. The van der Waals surface area contributed by atoms with Gasteiger partial charge in [0.2, 0.25) is 0 Å². The fourth-order valence-electron chi connectivity index (χ4n) is 1.55. The zero-order valence-corrected chi connectivity index (χ0v) is 11.9. The topological polar surface area (TPSA) is 69.6 Å². The van der Waals surface area contributed by atoms with Crippen molar-refractivity contribution in [3.05, 3.63) is 24.3 Å². The van der Waals surface area contributed by atoms with Crippen LogP contribution in [0.2, 0.25) is 0 Å². The summed E-state index contributed by atoms with van der Waals surface area (Å²) in [6, 6.07) is 7.27. The molecule has 0 unspecified atom stereocenters. The number of nitrogens with one attached hydrogen (secondary N) is 1. The van der Waals surface area contributed by atoms with Crippen LogP contribution in [-0.4, -0.2) is 47.8 Å². The summed E-state index contributed by atoms with van der Waals surface area (Å²) in [5.41, 5.74) is 0.588. The van der Waals surface area contributed by atoms with E-state index in [0.29, 0.717) is 12.2 Å². The van der Waals surface area contributed by atoms with Crippen molar-refractivity contribution < 1.29 is 14.7 Å². The van der Waals surface area contributed by atoms with Crippen LogP contribution in [0.25, 0.3) is 0 Å². The van der Waals surface area contributed by atoms with Crippen molar-refractivity contribution in [2.45, 2.75) is 11.8 Å². The summed E-state index contributed by atoms with van der Waals surface area (Å²) in [5, 5.41) is 11.4. The lowest BCUT2D eigenvalue weighted by molar-refractivity contribution is -0.143. The van der Waals surface area contributed by atoms with Crippen molar-refractivity contribution in [1.29, 1.82) is 0 Å². The van der Waals surface area contributed by atoms with Gasteiger partial charge in [0.1, 0.15) is 0 Å². The molecular formula is C13H18N2O3S. The summed E-state index contributed by atoms with van der Waals surface area (Å²) < 4.78 is 0. The lowest BCUT2D eigenvalue weighted by Gasteiger charge is -2.18. The normalized spacial score (nSPS) is 10.1. The SMILES string of the molecule is CCN(CCO)C(=O)C(=O)Nc1cccc(SC)c1. The molecule has 0 aromatic heterocycles. The van der Waals surface area contributed by atoms with Gasteiger partial charge in [0, 0.05) is 23.7 Å². The first-order valence-electron chi connectivity index (χ1n) is 5.97. The fourth-order valence-corrected chi connectivity index (χ4v) is 2.01. The molecule has 0 atom stereocenters. The van der Waals surface area contributed by atoms with Crippen molar-refractivity contribution in [1.82, 2.24) is 4.90 Å². The van der Waals surface area contributed by atoms with Crippen LogP contribution in [0.4, 0.5) is 5.69 Å². The highest BCUT2D eigenvalue weighted by atomic mass is 32.2. The minimum Gasteiger partial charge on any atom is -0.395 e. The molecule has 0 saturated carbocycles. The summed E-state index contributed by atoms with van der Waals surface area (Å²) in [7, 11) is 0. The minimum absolute atomic E-state index is 0.158. The fraction of sp³-hybridized carbons (Fsp3) is 0.385. The van der Waals surface area contributed by atoms with E-state index in [-0.39, 0.29) is 13.2 Å². The molecule has 0 heterocycles. The van der Waals surface area contributed by atoms with E-state index in [1.165, 1.54) is 4.90 Å². The van der Waals surface area contributed by atoms with Gasteiger partial charge in [-0.3, -0.25) is 9.59 Å². The Morgan fingerprint density at radius 1 is 1.42 bits per heavy atom. The van der Waals surface area contributed by atoms with Gasteiger partial charge in [-0.05, 0) is 31.4 Å². The quantitative estimate of drug-likeness (QED) is 0.628. The Balaban J connectivity index is 2.70. The Bertz CT molecular complexity index is 451. The van der Waals surface area contributed by atoms with Crippen molar-refractivity contribution in [3.63, 3.8) is 0 Å². The van der Waals surface area contributed by atoms with Crippen molar-refractivity contribution in [3.8, 4) is 0 Å². The second kappa shape index (κ2) is 7.81. The summed E-state index contributed by atoms with van der Waals surface area (Å²) in [4.78, 5) is 25.9. The molecule has 0 aliphatic rings. The third-order valence-electron chi connectivity index (χ3n) is 2.56. The lowest BCUT2D eigenvalue weighted by atomic mass is 10.3. The number of aliphatic hydroxyl groups excluding tert-OH is 1. The van der Waals surface area contributed by atoms with E-state index in [2.05, 4.69) is 5.32 Å².